The molecule has 2 aromatic rings. The minimum absolute atomic E-state index is 0.388. The Kier molecular flexibility index (Phi) is 4.82. The number of nitrogens with one attached hydrogen (secondary N) is 2. The molecule has 1 aromatic heterocycles. The summed E-state index contributed by atoms with van der Waals surface area (Å²) in [5.41, 5.74) is 8.15. The monoisotopic (exact) mass is 300 g/mol. The van der Waals surface area contributed by atoms with E-state index in [4.69, 9.17) is 0 Å². The van der Waals surface area contributed by atoms with Gasteiger partial charge in [0.05, 0.1) is 6.54 Å². The quantitative estimate of drug-likeness (QED) is 0.843. The molecule has 1 aromatic carbocycles. The van der Waals surface area contributed by atoms with Gasteiger partial charge in [-0.2, -0.15) is 5.10 Å². The second kappa shape index (κ2) is 7.00. The number of nitrogens with zero attached hydrogens (tertiary/aromatic N) is 4. The third-order valence-corrected chi connectivity index (χ3v) is 4.12. The Morgan fingerprint density at radius 3 is 2.86 bits per heavy atom. The molecular formula is C16H24N6. The van der Waals surface area contributed by atoms with Gasteiger partial charge in [-0.05, 0) is 26.0 Å². The van der Waals surface area contributed by atoms with E-state index in [1.165, 1.54) is 5.56 Å². The van der Waals surface area contributed by atoms with Crippen LogP contribution in [0.4, 0.5) is 0 Å². The first-order valence-electron chi connectivity index (χ1n) is 7.87. The second-order valence-corrected chi connectivity index (χ2v) is 5.87. The highest BCUT2D eigenvalue weighted by molar-refractivity contribution is 5.19. The van der Waals surface area contributed by atoms with Crippen LogP contribution in [0.5, 0.6) is 0 Å². The van der Waals surface area contributed by atoms with Gasteiger partial charge in [0.15, 0.2) is 0 Å². The molecule has 2 heterocycles. The third-order valence-electron chi connectivity index (χ3n) is 4.12. The summed E-state index contributed by atoms with van der Waals surface area (Å²) in [6.45, 7) is 4.75. The molecule has 1 fully saturated rings. The summed E-state index contributed by atoms with van der Waals surface area (Å²) in [5.74, 6) is 1.02. The molecule has 6 nitrogen and oxygen atoms in total. The Bertz CT molecular complexity index is 581. The fourth-order valence-electron chi connectivity index (χ4n) is 3.00. The molecule has 0 radical (unpaired) electrons. The van der Waals surface area contributed by atoms with Crippen LogP contribution in [-0.2, 0) is 13.1 Å². The zero-order valence-electron chi connectivity index (χ0n) is 13.2. The average molecular weight is 300 g/mol. The molecule has 2 unspecified atom stereocenters. The SMILES string of the molecule is CCn1ncnc1CN(C)CC1CC(c2ccccc2)NN1. The van der Waals surface area contributed by atoms with Crippen molar-refractivity contribution in [3.63, 3.8) is 0 Å². The maximum Gasteiger partial charge on any atom is 0.140 e. The van der Waals surface area contributed by atoms with Gasteiger partial charge in [0.2, 0.25) is 0 Å². The Morgan fingerprint density at radius 1 is 1.27 bits per heavy atom. The minimum atomic E-state index is 0.388. The van der Waals surface area contributed by atoms with Gasteiger partial charge in [-0.25, -0.2) is 15.1 Å². The van der Waals surface area contributed by atoms with Crippen LogP contribution in [-0.4, -0.2) is 39.3 Å². The number of hydrogen-bond donors (Lipinski definition) is 2. The fraction of sp³-hybridized carbons (Fsp3) is 0.500. The number of aromatic nitrogens is 3. The summed E-state index contributed by atoms with van der Waals surface area (Å²) in [7, 11) is 2.13. The summed E-state index contributed by atoms with van der Waals surface area (Å²) in [6, 6.07) is 11.4. The minimum Gasteiger partial charge on any atom is -0.297 e. The van der Waals surface area contributed by atoms with Gasteiger partial charge in [-0.15, -0.1) is 0 Å². The fourth-order valence-corrected chi connectivity index (χ4v) is 3.00. The summed E-state index contributed by atoms with van der Waals surface area (Å²) in [5, 5.41) is 4.22. The lowest BCUT2D eigenvalue weighted by atomic mass is 10.0. The zero-order chi connectivity index (χ0) is 15.4. The molecule has 0 amide bonds. The smallest absolute Gasteiger partial charge is 0.140 e. The van der Waals surface area contributed by atoms with Crippen molar-refractivity contribution >= 4 is 0 Å². The molecule has 6 heteroatoms. The molecule has 1 aliphatic heterocycles. The van der Waals surface area contributed by atoms with E-state index < -0.39 is 0 Å². The summed E-state index contributed by atoms with van der Waals surface area (Å²) < 4.78 is 1.95. The molecule has 3 rings (SSSR count). The normalized spacial score (nSPS) is 21.6. The molecule has 1 saturated heterocycles. The Labute approximate surface area is 131 Å². The van der Waals surface area contributed by atoms with Crippen molar-refractivity contribution in [2.75, 3.05) is 13.6 Å². The lowest BCUT2D eigenvalue weighted by molar-refractivity contribution is 0.277. The highest BCUT2D eigenvalue weighted by Crippen LogP contribution is 2.22. The molecular weight excluding hydrogens is 276 g/mol. The van der Waals surface area contributed by atoms with E-state index in [0.717, 1.165) is 31.9 Å². The highest BCUT2D eigenvalue weighted by atomic mass is 15.4. The van der Waals surface area contributed by atoms with Crippen LogP contribution in [0.2, 0.25) is 0 Å². The summed E-state index contributed by atoms with van der Waals surface area (Å²) >= 11 is 0. The Balaban J connectivity index is 1.52. The van der Waals surface area contributed by atoms with Crippen LogP contribution in [0.3, 0.4) is 0 Å². The molecule has 22 heavy (non-hydrogen) atoms. The number of aryl methyl sites for hydroxylation is 1. The van der Waals surface area contributed by atoms with E-state index in [1.54, 1.807) is 6.33 Å². The highest BCUT2D eigenvalue weighted by Gasteiger charge is 2.25. The zero-order valence-corrected chi connectivity index (χ0v) is 13.2. The van der Waals surface area contributed by atoms with Crippen molar-refractivity contribution in [3.05, 3.63) is 48.0 Å². The van der Waals surface area contributed by atoms with Gasteiger partial charge >= 0.3 is 0 Å². The molecule has 2 N–H and O–H groups in total. The van der Waals surface area contributed by atoms with Crippen molar-refractivity contribution in [1.29, 1.82) is 0 Å². The van der Waals surface area contributed by atoms with Crippen LogP contribution >= 0.6 is 0 Å². The third kappa shape index (κ3) is 3.52. The van der Waals surface area contributed by atoms with Gasteiger partial charge in [-0.1, -0.05) is 30.3 Å². The van der Waals surface area contributed by atoms with E-state index in [2.05, 4.69) is 70.1 Å². The van der Waals surface area contributed by atoms with Gasteiger partial charge < -0.3 is 0 Å². The lowest BCUT2D eigenvalue weighted by Crippen LogP contribution is -2.39. The van der Waals surface area contributed by atoms with Crippen LogP contribution in [0.25, 0.3) is 0 Å². The number of hydrazine groups is 1. The van der Waals surface area contributed by atoms with Gasteiger partial charge in [0.1, 0.15) is 12.2 Å². The van der Waals surface area contributed by atoms with E-state index >= 15 is 0 Å². The van der Waals surface area contributed by atoms with E-state index in [0.29, 0.717) is 12.1 Å². The standard InChI is InChI=1S/C16H24N6/c1-3-22-16(17-12-18-22)11-21(2)10-14-9-15(20-19-14)13-7-5-4-6-8-13/h4-8,12,14-15,19-20H,3,9-11H2,1-2H3. The lowest BCUT2D eigenvalue weighted by Gasteiger charge is -2.20. The molecule has 118 valence electrons. The Morgan fingerprint density at radius 2 is 2.09 bits per heavy atom. The van der Waals surface area contributed by atoms with E-state index in [-0.39, 0.29) is 0 Å². The van der Waals surface area contributed by atoms with Crippen molar-refractivity contribution in [1.82, 2.24) is 30.5 Å². The van der Waals surface area contributed by atoms with Crippen LogP contribution in [0.1, 0.15) is 30.8 Å². The van der Waals surface area contributed by atoms with Crippen LogP contribution in [0, 0.1) is 0 Å². The predicted octanol–water partition coefficient (Wildman–Crippen LogP) is 1.34. The first-order valence-corrected chi connectivity index (χ1v) is 7.87. The van der Waals surface area contributed by atoms with E-state index in [1.807, 2.05) is 4.68 Å². The molecule has 0 spiro atoms. The largest absolute Gasteiger partial charge is 0.297 e. The first-order chi connectivity index (χ1) is 10.8. The number of rotatable bonds is 6. The van der Waals surface area contributed by atoms with Gasteiger partial charge in [0, 0.05) is 25.2 Å². The summed E-state index contributed by atoms with van der Waals surface area (Å²) in [6.07, 6.45) is 2.72. The number of hydrogen-bond acceptors (Lipinski definition) is 5. The van der Waals surface area contributed by atoms with Crippen LogP contribution in [0.15, 0.2) is 36.7 Å². The van der Waals surface area contributed by atoms with Gasteiger partial charge in [0.25, 0.3) is 0 Å². The molecule has 2 atom stereocenters. The topological polar surface area (TPSA) is 58.0 Å². The average Bonchev–Trinajstić information content (AvgIpc) is 3.17. The molecule has 0 bridgehead atoms. The molecule has 0 aliphatic carbocycles. The van der Waals surface area contributed by atoms with Crippen LogP contribution < -0.4 is 10.9 Å². The van der Waals surface area contributed by atoms with Crippen molar-refractivity contribution in [2.45, 2.75) is 38.5 Å². The Hall–Kier alpha value is -1.76. The number of benzene rings is 1. The second-order valence-electron chi connectivity index (χ2n) is 5.87. The molecule has 0 saturated carbocycles. The number of likely N-dealkylation sites (N-methyl/N-ethyl adjacent to an activating group) is 1. The van der Waals surface area contributed by atoms with E-state index in [9.17, 15) is 0 Å². The summed E-state index contributed by atoms with van der Waals surface area (Å²) in [4.78, 5) is 6.63. The van der Waals surface area contributed by atoms with Crippen molar-refractivity contribution < 1.29 is 0 Å². The maximum absolute atomic E-state index is 4.34. The first kappa shape index (κ1) is 15.1. The van der Waals surface area contributed by atoms with Gasteiger partial charge in [-0.3, -0.25) is 10.3 Å². The maximum atomic E-state index is 4.34. The molecule has 1 aliphatic rings. The van der Waals surface area contributed by atoms with Crippen molar-refractivity contribution in [3.8, 4) is 0 Å². The predicted molar refractivity (Wildman–Crippen MR) is 85.9 cm³/mol. The van der Waals surface area contributed by atoms with Crippen molar-refractivity contribution in [2.24, 2.45) is 0 Å².